The Kier molecular flexibility index (Phi) is 10.6. The molecule has 1 saturated heterocycles. The van der Waals surface area contributed by atoms with Crippen molar-refractivity contribution >= 4 is 17.5 Å². The molecule has 41 heavy (non-hydrogen) atoms. The highest BCUT2D eigenvalue weighted by molar-refractivity contribution is 5.97. The highest BCUT2D eigenvalue weighted by atomic mass is 19.4. The maximum absolute atomic E-state index is 14.5. The van der Waals surface area contributed by atoms with Crippen molar-refractivity contribution in [3.63, 3.8) is 0 Å². The lowest BCUT2D eigenvalue weighted by Crippen LogP contribution is -2.47. The number of carbonyl (C=O) groups is 2. The molecule has 2 amide bonds. The second-order valence-electron chi connectivity index (χ2n) is 9.72. The molecule has 9 nitrogen and oxygen atoms in total. The zero-order valence-corrected chi connectivity index (χ0v) is 22.8. The molecule has 0 spiro atoms. The second-order valence-corrected chi connectivity index (χ2v) is 9.72. The fourth-order valence-electron chi connectivity index (χ4n) is 4.64. The number of hydrogen-bond acceptors (Lipinski definition) is 7. The fourth-order valence-corrected chi connectivity index (χ4v) is 4.64. The van der Waals surface area contributed by atoms with Crippen molar-refractivity contribution in [2.24, 2.45) is 11.7 Å². The lowest BCUT2D eigenvalue weighted by atomic mass is 9.77. The number of hydrogen-bond donors (Lipinski definition) is 3. The molecule has 0 aliphatic carbocycles. The van der Waals surface area contributed by atoms with E-state index >= 15 is 0 Å². The number of nitrogens with one attached hydrogen (secondary N) is 2. The molecule has 0 unspecified atom stereocenters. The van der Waals surface area contributed by atoms with E-state index in [1.165, 1.54) is 25.3 Å². The predicted molar refractivity (Wildman–Crippen MR) is 138 cm³/mol. The van der Waals surface area contributed by atoms with E-state index in [0.717, 1.165) is 32.6 Å². The number of benzene rings is 1. The van der Waals surface area contributed by atoms with E-state index in [0.29, 0.717) is 32.7 Å². The van der Waals surface area contributed by atoms with Crippen molar-refractivity contribution in [1.82, 2.24) is 10.3 Å². The first-order valence-electron chi connectivity index (χ1n) is 12.9. The Morgan fingerprint density at radius 1 is 1.17 bits per heavy atom. The molecule has 4 N–H and O–H groups in total. The van der Waals surface area contributed by atoms with Crippen LogP contribution in [0.15, 0.2) is 30.5 Å². The Morgan fingerprint density at radius 3 is 2.54 bits per heavy atom. The summed E-state index contributed by atoms with van der Waals surface area (Å²) in [5.41, 5.74) is 2.44. The van der Waals surface area contributed by atoms with Gasteiger partial charge in [-0.05, 0) is 44.5 Å². The van der Waals surface area contributed by atoms with Crippen LogP contribution in [0.4, 0.5) is 27.6 Å². The van der Waals surface area contributed by atoms with Crippen LogP contribution in [0.25, 0.3) is 0 Å². The molecule has 3 rings (SSSR count). The summed E-state index contributed by atoms with van der Waals surface area (Å²) in [4.78, 5) is 29.8. The Balaban J connectivity index is 1.80. The Hall–Kier alpha value is -3.36. The van der Waals surface area contributed by atoms with Crippen LogP contribution in [-0.4, -0.2) is 68.1 Å². The number of nitrogens with zero attached hydrogens (tertiary/aromatic N) is 1. The molecular weight excluding hydrogens is 555 g/mol. The number of aromatic nitrogens is 1. The van der Waals surface area contributed by atoms with Crippen LogP contribution in [0.3, 0.4) is 0 Å². The smallest absolute Gasteiger partial charge is 0.417 e. The maximum Gasteiger partial charge on any atom is 0.417 e. The third-order valence-corrected chi connectivity index (χ3v) is 7.07. The van der Waals surface area contributed by atoms with E-state index in [1.54, 1.807) is 0 Å². The fraction of sp³-hybridized carbons (Fsp3) is 0.519. The number of carbonyl (C=O) groups excluding carboxylic acids is 2. The lowest BCUT2D eigenvalue weighted by molar-refractivity contribution is -0.272. The minimum atomic E-state index is -4.90. The highest BCUT2D eigenvalue weighted by Crippen LogP contribution is 2.55. The molecule has 1 aliphatic rings. The Labute approximate surface area is 233 Å². The van der Waals surface area contributed by atoms with E-state index in [2.05, 4.69) is 15.6 Å². The van der Waals surface area contributed by atoms with E-state index in [9.17, 15) is 31.5 Å². The first-order chi connectivity index (χ1) is 19.4. The lowest BCUT2D eigenvalue weighted by Gasteiger charge is -2.32. The average Bonchev–Trinajstić information content (AvgIpc) is 3.21. The van der Waals surface area contributed by atoms with Gasteiger partial charge in [-0.3, -0.25) is 14.6 Å². The van der Waals surface area contributed by atoms with Gasteiger partial charge in [-0.15, -0.1) is 0 Å². The molecular formula is C27H33F5N4O5. The van der Waals surface area contributed by atoms with Gasteiger partial charge in [0, 0.05) is 49.0 Å². The molecule has 1 aromatic heterocycles. The summed E-state index contributed by atoms with van der Waals surface area (Å²) < 4.78 is 86.5. The summed E-state index contributed by atoms with van der Waals surface area (Å²) in [7, 11) is 1.04. The summed E-state index contributed by atoms with van der Waals surface area (Å²) in [5, 5.41) is 5.12. The van der Waals surface area contributed by atoms with Gasteiger partial charge in [0.05, 0.1) is 7.11 Å². The molecule has 0 bridgehead atoms. The largest absolute Gasteiger partial charge is 0.493 e. The molecule has 1 fully saturated rings. The van der Waals surface area contributed by atoms with Gasteiger partial charge in [0.25, 0.3) is 11.8 Å². The van der Waals surface area contributed by atoms with Crippen LogP contribution < -0.4 is 21.1 Å². The van der Waals surface area contributed by atoms with E-state index < -0.39 is 58.9 Å². The molecule has 4 atom stereocenters. The van der Waals surface area contributed by atoms with Gasteiger partial charge in [-0.25, -0.2) is 4.39 Å². The Morgan fingerprint density at radius 2 is 1.88 bits per heavy atom. The van der Waals surface area contributed by atoms with Crippen molar-refractivity contribution in [2.45, 2.75) is 50.5 Å². The summed E-state index contributed by atoms with van der Waals surface area (Å²) in [6, 6.07) is 4.41. The molecule has 0 saturated carbocycles. The number of amides is 2. The first kappa shape index (κ1) is 32.2. The number of anilines is 1. The molecule has 2 aromatic rings. The van der Waals surface area contributed by atoms with Gasteiger partial charge in [0.2, 0.25) is 5.82 Å². The van der Waals surface area contributed by atoms with Crippen molar-refractivity contribution in [2.75, 3.05) is 38.7 Å². The molecule has 14 heteroatoms. The third-order valence-electron chi connectivity index (χ3n) is 7.07. The zero-order valence-electron chi connectivity index (χ0n) is 22.8. The zero-order chi connectivity index (χ0) is 30.4. The quantitative estimate of drug-likeness (QED) is 0.254. The van der Waals surface area contributed by atoms with Crippen molar-refractivity contribution in [1.29, 1.82) is 0 Å². The van der Waals surface area contributed by atoms with Gasteiger partial charge in [0.1, 0.15) is 11.8 Å². The second kappa shape index (κ2) is 13.5. The van der Waals surface area contributed by atoms with Crippen molar-refractivity contribution in [3.05, 3.63) is 53.4 Å². The number of halogens is 5. The van der Waals surface area contributed by atoms with Crippen LogP contribution in [0.5, 0.6) is 5.75 Å². The van der Waals surface area contributed by atoms with Crippen LogP contribution in [0.1, 0.15) is 48.7 Å². The van der Waals surface area contributed by atoms with E-state index in [1.807, 2.05) is 0 Å². The SMILES string of the molecule is COc1c([C@H]2[C@H](C(=O)Nc3ccnc(C(=O)NCCCOCCCN)c3)O[C@@](C)(C(F)(F)F)[C@H]2C)ccc(F)c1F. The predicted octanol–water partition coefficient (Wildman–Crippen LogP) is 3.93. The molecule has 1 aromatic carbocycles. The van der Waals surface area contributed by atoms with Gasteiger partial charge in [-0.2, -0.15) is 17.6 Å². The molecule has 226 valence electrons. The minimum absolute atomic E-state index is 0.0495. The van der Waals surface area contributed by atoms with Crippen LogP contribution in [0.2, 0.25) is 0 Å². The molecule has 0 radical (unpaired) electrons. The highest BCUT2D eigenvalue weighted by Gasteiger charge is 2.65. The monoisotopic (exact) mass is 588 g/mol. The van der Waals surface area contributed by atoms with Gasteiger partial charge in [-0.1, -0.05) is 13.0 Å². The number of pyridine rings is 1. The number of alkyl halides is 3. The maximum atomic E-state index is 14.5. The van der Waals surface area contributed by atoms with Gasteiger partial charge < -0.3 is 30.6 Å². The third kappa shape index (κ3) is 7.11. The van der Waals surface area contributed by atoms with Crippen LogP contribution in [-0.2, 0) is 14.3 Å². The van der Waals surface area contributed by atoms with Crippen molar-refractivity contribution in [3.8, 4) is 5.75 Å². The summed E-state index contributed by atoms with van der Waals surface area (Å²) in [6.07, 6.45) is -4.17. The van der Waals surface area contributed by atoms with Crippen LogP contribution in [0, 0.1) is 17.6 Å². The first-order valence-corrected chi connectivity index (χ1v) is 12.9. The topological polar surface area (TPSA) is 125 Å². The summed E-state index contributed by atoms with van der Waals surface area (Å²) in [6.45, 7) is 3.75. The standard InChI is InChI=1S/C27H33F5N4O5/c1-15-20(17-6-7-18(28)21(29)22(17)39-3)23(41-26(15,2)27(30,31)32)25(38)36-16-8-11-34-19(14-16)24(37)35-10-5-13-40-12-4-9-33/h6-8,11,14-15,20,23H,4-5,9-10,12-13,33H2,1-3H3,(H,35,37)(H,34,36,38)/t15-,20-,23+,26+/m0/s1. The number of rotatable bonds is 12. The average molecular weight is 589 g/mol. The normalized spacial score (nSPS) is 22.4. The van der Waals surface area contributed by atoms with E-state index in [4.69, 9.17) is 19.9 Å². The van der Waals surface area contributed by atoms with E-state index in [-0.39, 0.29) is 16.9 Å². The van der Waals surface area contributed by atoms with Gasteiger partial charge >= 0.3 is 6.18 Å². The number of nitrogens with two attached hydrogens (primary N) is 1. The van der Waals surface area contributed by atoms with Gasteiger partial charge in [0.15, 0.2) is 17.2 Å². The minimum Gasteiger partial charge on any atom is -0.493 e. The Bertz CT molecular complexity index is 1230. The van der Waals surface area contributed by atoms with Crippen LogP contribution >= 0.6 is 0 Å². The molecule has 1 aliphatic heterocycles. The number of methoxy groups -OCH3 is 1. The summed E-state index contributed by atoms with van der Waals surface area (Å²) >= 11 is 0. The van der Waals surface area contributed by atoms with Crippen molar-refractivity contribution < 1.29 is 45.8 Å². The number of ether oxygens (including phenoxy) is 3. The summed E-state index contributed by atoms with van der Waals surface area (Å²) in [5.74, 6) is -7.60. The molecule has 2 heterocycles.